The van der Waals surface area contributed by atoms with Crippen LogP contribution in [0.15, 0.2) is 47.4 Å². The first kappa shape index (κ1) is 19.9. The Morgan fingerprint density at radius 1 is 1.11 bits per heavy atom. The highest BCUT2D eigenvalue weighted by Gasteiger charge is 2.34. The van der Waals surface area contributed by atoms with Crippen LogP contribution in [0.5, 0.6) is 0 Å². The molecule has 0 aliphatic carbocycles. The van der Waals surface area contributed by atoms with Gasteiger partial charge in [-0.3, -0.25) is 14.9 Å². The minimum Gasteiger partial charge on any atom is -0.336 e. The van der Waals surface area contributed by atoms with E-state index >= 15 is 0 Å². The molecule has 1 heterocycles. The molecule has 0 bridgehead atoms. The Hall–Kier alpha value is -2.85. The Balaban J connectivity index is 1.77. The van der Waals surface area contributed by atoms with Gasteiger partial charge in [0, 0.05) is 32.2 Å². The molecule has 0 aromatic heterocycles. The summed E-state index contributed by atoms with van der Waals surface area (Å²) < 4.78 is 40.7. The number of nitrogens with zero attached hydrogens (tertiary/aromatic N) is 3. The maximum Gasteiger partial charge on any atom is 0.289 e. The van der Waals surface area contributed by atoms with Crippen molar-refractivity contribution in [3.05, 3.63) is 69.5 Å². The summed E-state index contributed by atoms with van der Waals surface area (Å²) in [7, 11) is -4.09. The van der Waals surface area contributed by atoms with Crippen molar-refractivity contribution < 1.29 is 22.5 Å². The van der Waals surface area contributed by atoms with E-state index in [0.717, 1.165) is 15.9 Å². The van der Waals surface area contributed by atoms with E-state index in [-0.39, 0.29) is 36.6 Å². The van der Waals surface area contributed by atoms with Crippen LogP contribution in [0.1, 0.15) is 15.9 Å². The van der Waals surface area contributed by atoms with Crippen molar-refractivity contribution in [3.63, 3.8) is 0 Å². The van der Waals surface area contributed by atoms with E-state index in [9.17, 15) is 27.7 Å². The number of piperazine rings is 1. The number of hydrogen-bond acceptors (Lipinski definition) is 5. The minimum atomic E-state index is -4.09. The highest BCUT2D eigenvalue weighted by atomic mass is 32.2. The van der Waals surface area contributed by atoms with E-state index in [0.29, 0.717) is 0 Å². The van der Waals surface area contributed by atoms with Gasteiger partial charge in [-0.05, 0) is 25.1 Å². The highest BCUT2D eigenvalue weighted by Crippen LogP contribution is 2.27. The Morgan fingerprint density at radius 3 is 2.39 bits per heavy atom. The van der Waals surface area contributed by atoms with Crippen LogP contribution in [0.4, 0.5) is 10.1 Å². The molecule has 28 heavy (non-hydrogen) atoms. The van der Waals surface area contributed by atoms with Crippen LogP contribution >= 0.6 is 0 Å². The van der Waals surface area contributed by atoms with Crippen molar-refractivity contribution in [1.82, 2.24) is 9.21 Å². The summed E-state index contributed by atoms with van der Waals surface area (Å²) in [4.78, 5) is 24.0. The van der Waals surface area contributed by atoms with Crippen LogP contribution in [0, 0.1) is 22.9 Å². The molecule has 1 amide bonds. The van der Waals surface area contributed by atoms with Crippen LogP contribution in [0.2, 0.25) is 0 Å². The number of rotatable bonds is 4. The Kier molecular flexibility index (Phi) is 5.43. The summed E-state index contributed by atoms with van der Waals surface area (Å²) >= 11 is 0. The van der Waals surface area contributed by atoms with Gasteiger partial charge >= 0.3 is 0 Å². The summed E-state index contributed by atoms with van der Waals surface area (Å²) in [6, 6.07) is 9.36. The Bertz CT molecular complexity index is 1030. The second-order valence-electron chi connectivity index (χ2n) is 6.40. The molecule has 2 aromatic carbocycles. The van der Waals surface area contributed by atoms with Crippen LogP contribution in [0.3, 0.4) is 0 Å². The third-order valence-corrected chi connectivity index (χ3v) is 6.50. The molecule has 1 aliphatic rings. The molecular weight excluding hydrogens is 389 g/mol. The minimum absolute atomic E-state index is 0.0342. The van der Waals surface area contributed by atoms with Gasteiger partial charge < -0.3 is 4.90 Å². The summed E-state index contributed by atoms with van der Waals surface area (Å²) in [5, 5.41) is 11.1. The zero-order valence-electron chi connectivity index (χ0n) is 15.0. The normalized spacial score (nSPS) is 15.4. The van der Waals surface area contributed by atoms with Gasteiger partial charge in [-0.2, -0.15) is 4.31 Å². The summed E-state index contributed by atoms with van der Waals surface area (Å²) in [6.07, 6.45) is 0. The fourth-order valence-electron chi connectivity index (χ4n) is 3.07. The number of benzene rings is 2. The second-order valence-corrected chi connectivity index (χ2v) is 8.31. The molecule has 8 nitrogen and oxygen atoms in total. The molecule has 0 unspecified atom stereocenters. The molecule has 3 rings (SSSR count). The monoisotopic (exact) mass is 407 g/mol. The molecule has 148 valence electrons. The maximum atomic E-state index is 14.0. The van der Waals surface area contributed by atoms with E-state index in [2.05, 4.69) is 0 Å². The van der Waals surface area contributed by atoms with Crippen LogP contribution < -0.4 is 0 Å². The Morgan fingerprint density at radius 2 is 1.75 bits per heavy atom. The van der Waals surface area contributed by atoms with E-state index in [1.807, 2.05) is 0 Å². The summed E-state index contributed by atoms with van der Waals surface area (Å²) in [5.41, 5.74) is 0.181. The van der Waals surface area contributed by atoms with Gasteiger partial charge in [0.05, 0.1) is 10.5 Å². The first-order valence-electron chi connectivity index (χ1n) is 8.51. The molecule has 10 heteroatoms. The molecule has 1 fully saturated rings. The Labute approximate surface area is 161 Å². The quantitative estimate of drug-likeness (QED) is 0.571. The molecule has 0 spiro atoms. The zero-order valence-corrected chi connectivity index (χ0v) is 15.9. The second kappa shape index (κ2) is 7.64. The third-order valence-electron chi connectivity index (χ3n) is 4.56. The molecule has 1 aliphatic heterocycles. The SMILES string of the molecule is Cc1ccc(F)c(C(=O)N2CCN(S(=O)(=O)c3ccccc3[N+](=O)[O-])CC2)c1. The van der Waals surface area contributed by atoms with Crippen LogP contribution in [-0.2, 0) is 10.0 Å². The summed E-state index contributed by atoms with van der Waals surface area (Å²) in [6.45, 7) is 1.80. The van der Waals surface area contributed by atoms with Crippen molar-refractivity contribution in [1.29, 1.82) is 0 Å². The molecular formula is C18H18FN3O5S. The van der Waals surface area contributed by atoms with Crippen LogP contribution in [0.25, 0.3) is 0 Å². The van der Waals surface area contributed by atoms with Gasteiger partial charge in [-0.25, -0.2) is 12.8 Å². The standard InChI is InChI=1S/C18H18FN3O5S/c1-13-6-7-15(19)14(12-13)18(23)20-8-10-21(11-9-20)28(26,27)17-5-3-2-4-16(17)22(24)25/h2-7,12H,8-11H2,1H3. The molecule has 1 saturated heterocycles. The first-order valence-corrected chi connectivity index (χ1v) is 9.95. The van der Waals surface area contributed by atoms with Crippen molar-refractivity contribution >= 4 is 21.6 Å². The first-order chi connectivity index (χ1) is 13.2. The lowest BCUT2D eigenvalue weighted by atomic mass is 10.1. The van der Waals surface area contributed by atoms with Crippen molar-refractivity contribution in [2.45, 2.75) is 11.8 Å². The van der Waals surface area contributed by atoms with Gasteiger partial charge in [-0.1, -0.05) is 23.8 Å². The lowest BCUT2D eigenvalue weighted by molar-refractivity contribution is -0.387. The maximum absolute atomic E-state index is 14.0. The van der Waals surface area contributed by atoms with E-state index < -0.39 is 32.4 Å². The fourth-order valence-corrected chi connectivity index (χ4v) is 4.65. The van der Waals surface area contributed by atoms with Gasteiger partial charge in [0.2, 0.25) is 10.0 Å². The zero-order chi connectivity index (χ0) is 20.5. The topological polar surface area (TPSA) is 101 Å². The summed E-state index contributed by atoms with van der Waals surface area (Å²) in [5.74, 6) is -1.14. The van der Waals surface area contributed by atoms with Gasteiger partial charge in [0.1, 0.15) is 5.82 Å². The average molecular weight is 407 g/mol. The van der Waals surface area contributed by atoms with Gasteiger partial charge in [0.15, 0.2) is 4.90 Å². The number of para-hydroxylation sites is 1. The highest BCUT2D eigenvalue weighted by molar-refractivity contribution is 7.89. The lowest BCUT2D eigenvalue weighted by Crippen LogP contribution is -2.50. The number of hydrogen-bond donors (Lipinski definition) is 0. The number of carbonyl (C=O) groups is 1. The molecule has 0 atom stereocenters. The molecule has 0 saturated carbocycles. The van der Waals surface area contributed by atoms with Crippen molar-refractivity contribution in [2.75, 3.05) is 26.2 Å². The molecule has 0 N–H and O–H groups in total. The predicted octanol–water partition coefficient (Wildman–Crippen LogP) is 2.19. The number of halogens is 1. The van der Waals surface area contributed by atoms with E-state index in [1.54, 1.807) is 13.0 Å². The third kappa shape index (κ3) is 3.73. The van der Waals surface area contributed by atoms with Crippen LogP contribution in [-0.4, -0.2) is 54.6 Å². The number of nitro groups is 1. The predicted molar refractivity (Wildman–Crippen MR) is 98.9 cm³/mol. The number of aryl methyl sites for hydroxylation is 1. The number of nitro benzene ring substituents is 1. The van der Waals surface area contributed by atoms with Gasteiger partial charge in [0.25, 0.3) is 11.6 Å². The van der Waals surface area contributed by atoms with E-state index in [1.165, 1.54) is 35.2 Å². The lowest BCUT2D eigenvalue weighted by Gasteiger charge is -2.34. The molecule has 2 aromatic rings. The van der Waals surface area contributed by atoms with E-state index in [4.69, 9.17) is 0 Å². The van der Waals surface area contributed by atoms with Crippen molar-refractivity contribution in [3.8, 4) is 0 Å². The van der Waals surface area contributed by atoms with Gasteiger partial charge in [-0.15, -0.1) is 0 Å². The number of amides is 1. The van der Waals surface area contributed by atoms with Crippen molar-refractivity contribution in [2.24, 2.45) is 0 Å². The molecule has 0 radical (unpaired) electrons. The largest absolute Gasteiger partial charge is 0.336 e. The fraction of sp³-hybridized carbons (Fsp3) is 0.278. The number of sulfonamides is 1. The smallest absolute Gasteiger partial charge is 0.289 e. The number of carbonyl (C=O) groups excluding carboxylic acids is 1. The average Bonchev–Trinajstić information content (AvgIpc) is 2.69.